The van der Waals surface area contributed by atoms with E-state index in [1.165, 1.54) is 24.3 Å². The first-order valence-corrected chi connectivity index (χ1v) is 8.61. The number of aromatic nitrogens is 2. The number of nitrogens with one attached hydrogen (secondary N) is 1. The fourth-order valence-corrected chi connectivity index (χ4v) is 3.65. The second-order valence-corrected chi connectivity index (χ2v) is 7.13. The predicted octanol–water partition coefficient (Wildman–Crippen LogP) is 3.56. The lowest BCUT2D eigenvalue weighted by Crippen LogP contribution is -2.12. The topological polar surface area (TPSA) is 64.0 Å². The maximum atomic E-state index is 13.0. The summed E-state index contributed by atoms with van der Waals surface area (Å²) in [6.07, 6.45) is 3.21. The molecule has 0 amide bonds. The van der Waals surface area contributed by atoms with E-state index in [2.05, 4.69) is 9.71 Å². The minimum absolute atomic E-state index is 0.0715. The van der Waals surface area contributed by atoms with Crippen molar-refractivity contribution in [1.29, 1.82) is 0 Å². The number of rotatable bonds is 4. The van der Waals surface area contributed by atoms with E-state index in [9.17, 15) is 12.8 Å². The number of hydrogen-bond acceptors (Lipinski definition) is 3. The van der Waals surface area contributed by atoms with E-state index in [0.29, 0.717) is 16.7 Å². The molecule has 1 aromatic carbocycles. The van der Waals surface area contributed by atoms with Crippen molar-refractivity contribution >= 4 is 26.7 Å². The molecule has 1 N–H and O–H groups in total. The van der Waals surface area contributed by atoms with Gasteiger partial charge in [0.15, 0.2) is 0 Å². The van der Waals surface area contributed by atoms with Crippen molar-refractivity contribution in [3.05, 3.63) is 54.6 Å². The van der Waals surface area contributed by atoms with Crippen LogP contribution >= 0.6 is 0 Å². The minimum atomic E-state index is -3.80. The molecule has 0 saturated carbocycles. The zero-order chi connectivity index (χ0) is 16.6. The molecule has 0 aliphatic heterocycles. The summed E-state index contributed by atoms with van der Waals surface area (Å²) in [5, 5.41) is 0.552. The van der Waals surface area contributed by atoms with Crippen LogP contribution in [0.2, 0.25) is 0 Å². The second-order valence-electron chi connectivity index (χ2n) is 5.48. The van der Waals surface area contributed by atoms with E-state index in [1.54, 1.807) is 24.5 Å². The van der Waals surface area contributed by atoms with Gasteiger partial charge in [-0.25, -0.2) is 17.8 Å². The van der Waals surface area contributed by atoms with E-state index in [4.69, 9.17) is 0 Å². The van der Waals surface area contributed by atoms with Crippen molar-refractivity contribution in [2.75, 3.05) is 4.72 Å². The average Bonchev–Trinajstić information content (AvgIpc) is 2.90. The van der Waals surface area contributed by atoms with Gasteiger partial charge in [0.2, 0.25) is 0 Å². The van der Waals surface area contributed by atoms with Gasteiger partial charge in [-0.15, -0.1) is 0 Å². The van der Waals surface area contributed by atoms with Crippen LogP contribution in [0.4, 0.5) is 10.1 Å². The maximum absolute atomic E-state index is 13.0. The van der Waals surface area contributed by atoms with Crippen LogP contribution in [-0.4, -0.2) is 18.0 Å². The van der Waals surface area contributed by atoms with E-state index in [1.807, 2.05) is 18.4 Å². The predicted molar refractivity (Wildman–Crippen MR) is 87.3 cm³/mol. The highest BCUT2D eigenvalue weighted by Crippen LogP contribution is 2.28. The Morgan fingerprint density at radius 3 is 2.52 bits per heavy atom. The molecule has 0 saturated heterocycles. The molecule has 0 fully saturated rings. The molecule has 0 radical (unpaired) electrons. The summed E-state index contributed by atoms with van der Waals surface area (Å²) in [6, 6.07) is 8.67. The Labute approximate surface area is 133 Å². The van der Waals surface area contributed by atoms with Gasteiger partial charge in [0, 0.05) is 29.5 Å². The van der Waals surface area contributed by atoms with Crippen molar-refractivity contribution in [3.8, 4) is 0 Å². The standard InChI is InChI=1S/C16H16FN3O2S/c1-11(2)20-10-15(14-4-3-9-18-16(14)20)23(21,22)19-13-7-5-12(17)6-8-13/h3-11,19H,1-2H3. The first-order valence-electron chi connectivity index (χ1n) is 7.12. The van der Waals surface area contributed by atoms with Crippen molar-refractivity contribution < 1.29 is 12.8 Å². The van der Waals surface area contributed by atoms with Gasteiger partial charge in [-0.3, -0.25) is 4.72 Å². The Hall–Kier alpha value is -2.41. The van der Waals surface area contributed by atoms with Crippen LogP contribution in [0.1, 0.15) is 19.9 Å². The summed E-state index contributed by atoms with van der Waals surface area (Å²) in [5.74, 6) is -0.423. The molecule has 3 aromatic rings. The SMILES string of the molecule is CC(C)n1cc(S(=O)(=O)Nc2ccc(F)cc2)c2cccnc21. The monoisotopic (exact) mass is 333 g/mol. The molecule has 0 spiro atoms. The number of sulfonamides is 1. The largest absolute Gasteiger partial charge is 0.329 e. The molecule has 3 rings (SSSR count). The van der Waals surface area contributed by atoms with Crippen LogP contribution in [0.25, 0.3) is 11.0 Å². The van der Waals surface area contributed by atoms with Crippen molar-refractivity contribution in [3.63, 3.8) is 0 Å². The highest BCUT2D eigenvalue weighted by atomic mass is 32.2. The smallest absolute Gasteiger partial charge is 0.264 e. The molecule has 0 aliphatic carbocycles. The molecule has 7 heteroatoms. The normalized spacial score (nSPS) is 12.0. The molecule has 120 valence electrons. The summed E-state index contributed by atoms with van der Waals surface area (Å²) in [5.41, 5.74) is 0.919. The third-order valence-corrected chi connectivity index (χ3v) is 4.90. The number of pyridine rings is 1. The lowest BCUT2D eigenvalue weighted by atomic mass is 10.3. The quantitative estimate of drug-likeness (QED) is 0.794. The Balaban J connectivity index is 2.09. The number of benzene rings is 1. The van der Waals surface area contributed by atoms with Gasteiger partial charge in [0.25, 0.3) is 10.0 Å². The Bertz CT molecular complexity index is 947. The van der Waals surface area contributed by atoms with Crippen LogP contribution in [0.15, 0.2) is 53.7 Å². The molecule has 2 heterocycles. The highest BCUT2D eigenvalue weighted by Gasteiger charge is 2.22. The Kier molecular flexibility index (Phi) is 3.81. The first kappa shape index (κ1) is 15.5. The number of nitrogens with zero attached hydrogens (tertiary/aromatic N) is 2. The molecular weight excluding hydrogens is 317 g/mol. The van der Waals surface area contributed by atoms with Crippen LogP contribution in [-0.2, 0) is 10.0 Å². The van der Waals surface area contributed by atoms with Gasteiger partial charge in [-0.1, -0.05) is 0 Å². The van der Waals surface area contributed by atoms with Crippen LogP contribution < -0.4 is 4.72 Å². The number of halogens is 1. The second kappa shape index (κ2) is 5.66. The third kappa shape index (κ3) is 2.92. The molecule has 2 aromatic heterocycles. The third-order valence-electron chi connectivity index (χ3n) is 3.50. The maximum Gasteiger partial charge on any atom is 0.264 e. The fraction of sp³-hybridized carbons (Fsp3) is 0.188. The van der Waals surface area contributed by atoms with Gasteiger partial charge in [-0.2, -0.15) is 0 Å². The lowest BCUT2D eigenvalue weighted by Gasteiger charge is -2.08. The fourth-order valence-electron chi connectivity index (χ4n) is 2.39. The van der Waals surface area contributed by atoms with Crippen molar-refractivity contribution in [2.24, 2.45) is 0 Å². The molecule has 0 atom stereocenters. The van der Waals surface area contributed by atoms with E-state index < -0.39 is 15.8 Å². The van der Waals surface area contributed by atoms with Crippen LogP contribution in [0, 0.1) is 5.82 Å². The summed E-state index contributed by atoms with van der Waals surface area (Å²) in [4.78, 5) is 4.43. The number of hydrogen-bond donors (Lipinski definition) is 1. The molecule has 23 heavy (non-hydrogen) atoms. The summed E-state index contributed by atoms with van der Waals surface area (Å²) < 4.78 is 42.6. The van der Waals surface area contributed by atoms with Gasteiger partial charge in [-0.05, 0) is 50.2 Å². The molecule has 0 aliphatic rings. The van der Waals surface area contributed by atoms with Gasteiger partial charge >= 0.3 is 0 Å². The number of anilines is 1. The van der Waals surface area contributed by atoms with Gasteiger partial charge in [0.05, 0.1) is 0 Å². The van der Waals surface area contributed by atoms with Crippen molar-refractivity contribution in [1.82, 2.24) is 9.55 Å². The molecular formula is C16H16FN3O2S. The van der Waals surface area contributed by atoms with E-state index in [-0.39, 0.29) is 10.9 Å². The molecule has 0 bridgehead atoms. The zero-order valence-electron chi connectivity index (χ0n) is 12.7. The van der Waals surface area contributed by atoms with Crippen LogP contribution in [0.5, 0.6) is 0 Å². The summed E-state index contributed by atoms with van der Waals surface area (Å²) in [6.45, 7) is 3.91. The van der Waals surface area contributed by atoms with E-state index >= 15 is 0 Å². The van der Waals surface area contributed by atoms with E-state index in [0.717, 1.165) is 0 Å². The Morgan fingerprint density at radius 1 is 1.17 bits per heavy atom. The molecule has 5 nitrogen and oxygen atoms in total. The van der Waals surface area contributed by atoms with Crippen molar-refractivity contribution in [2.45, 2.75) is 24.8 Å². The zero-order valence-corrected chi connectivity index (χ0v) is 13.5. The van der Waals surface area contributed by atoms with Crippen LogP contribution in [0.3, 0.4) is 0 Å². The summed E-state index contributed by atoms with van der Waals surface area (Å²) in [7, 11) is -3.80. The van der Waals surface area contributed by atoms with Gasteiger partial charge in [0.1, 0.15) is 16.4 Å². The van der Waals surface area contributed by atoms with Gasteiger partial charge < -0.3 is 4.57 Å². The minimum Gasteiger partial charge on any atom is -0.329 e. The highest BCUT2D eigenvalue weighted by molar-refractivity contribution is 7.93. The molecule has 0 unspecified atom stereocenters. The number of fused-ring (bicyclic) bond motifs is 1. The first-order chi connectivity index (χ1) is 10.9. The lowest BCUT2D eigenvalue weighted by molar-refractivity contribution is 0.596. The summed E-state index contributed by atoms with van der Waals surface area (Å²) >= 11 is 0. The average molecular weight is 333 g/mol. The Morgan fingerprint density at radius 2 is 1.87 bits per heavy atom.